The van der Waals surface area contributed by atoms with Gasteiger partial charge in [0.1, 0.15) is 11.9 Å². The second-order valence-electron chi connectivity index (χ2n) is 6.18. The third-order valence-corrected chi connectivity index (χ3v) is 5.26. The van der Waals surface area contributed by atoms with E-state index in [0.29, 0.717) is 6.10 Å². The zero-order valence-corrected chi connectivity index (χ0v) is 18.4. The van der Waals surface area contributed by atoms with Crippen LogP contribution in [0.25, 0.3) is 0 Å². The van der Waals surface area contributed by atoms with Crippen LogP contribution in [0.3, 0.4) is 0 Å². The molecule has 1 aliphatic heterocycles. The van der Waals surface area contributed by atoms with Gasteiger partial charge in [0, 0.05) is 50.3 Å². The van der Waals surface area contributed by atoms with Crippen LogP contribution in [0.15, 0.2) is 52.8 Å². The van der Waals surface area contributed by atoms with Crippen molar-refractivity contribution in [1.82, 2.24) is 10.2 Å². The van der Waals surface area contributed by atoms with E-state index in [4.69, 9.17) is 9.73 Å². The van der Waals surface area contributed by atoms with Gasteiger partial charge in [-0.15, -0.1) is 35.3 Å². The number of rotatable bonds is 6. The molecule has 1 N–H and O–H groups in total. The van der Waals surface area contributed by atoms with Crippen molar-refractivity contribution in [3.8, 4) is 5.75 Å². The molecule has 0 amide bonds. The molecule has 6 heteroatoms. The minimum Gasteiger partial charge on any atom is -0.490 e. The number of ether oxygens (including phenoxy) is 1. The Morgan fingerprint density at radius 3 is 2.62 bits per heavy atom. The second kappa shape index (κ2) is 11.4. The van der Waals surface area contributed by atoms with Crippen LogP contribution in [0.2, 0.25) is 0 Å². The van der Waals surface area contributed by atoms with Crippen LogP contribution in [-0.4, -0.2) is 43.1 Å². The predicted molar refractivity (Wildman–Crippen MR) is 121 cm³/mol. The summed E-state index contributed by atoms with van der Waals surface area (Å²) in [4.78, 5) is 8.58. The van der Waals surface area contributed by atoms with E-state index in [9.17, 15) is 0 Å². The second-order valence-corrected chi connectivity index (χ2v) is 7.21. The Morgan fingerprint density at radius 1 is 1.19 bits per heavy atom. The SMILES string of the molecule is CCNC(=NCCc1cccs1)N1CCC(Oc2ccccc2)CC1.I. The Bertz CT molecular complexity index is 640. The molecule has 1 aromatic heterocycles. The number of nitrogens with one attached hydrogen (secondary N) is 1. The summed E-state index contributed by atoms with van der Waals surface area (Å²) in [5.41, 5.74) is 0. The monoisotopic (exact) mass is 485 g/mol. The predicted octanol–water partition coefficient (Wildman–Crippen LogP) is 4.42. The molecule has 1 aromatic carbocycles. The topological polar surface area (TPSA) is 36.9 Å². The normalized spacial score (nSPS) is 15.4. The van der Waals surface area contributed by atoms with E-state index < -0.39 is 0 Å². The van der Waals surface area contributed by atoms with E-state index in [1.165, 1.54) is 4.88 Å². The molecule has 1 saturated heterocycles. The molecule has 0 spiro atoms. The maximum Gasteiger partial charge on any atom is 0.193 e. The van der Waals surface area contributed by atoms with Crippen molar-refractivity contribution in [1.29, 1.82) is 0 Å². The smallest absolute Gasteiger partial charge is 0.193 e. The van der Waals surface area contributed by atoms with Crippen LogP contribution in [0, 0.1) is 0 Å². The largest absolute Gasteiger partial charge is 0.490 e. The lowest BCUT2D eigenvalue weighted by Crippen LogP contribution is -2.47. The number of benzene rings is 1. The lowest BCUT2D eigenvalue weighted by atomic mass is 10.1. The van der Waals surface area contributed by atoms with Crippen LogP contribution in [0.1, 0.15) is 24.6 Å². The molecule has 2 heterocycles. The van der Waals surface area contributed by atoms with E-state index in [1.54, 1.807) is 11.3 Å². The van der Waals surface area contributed by atoms with Crippen molar-refractivity contribution in [2.75, 3.05) is 26.2 Å². The number of hydrogen-bond acceptors (Lipinski definition) is 3. The Morgan fingerprint density at radius 2 is 1.96 bits per heavy atom. The Balaban J connectivity index is 0.00000243. The van der Waals surface area contributed by atoms with Gasteiger partial charge in [0.25, 0.3) is 0 Å². The van der Waals surface area contributed by atoms with E-state index in [2.05, 4.69) is 34.7 Å². The fourth-order valence-corrected chi connectivity index (χ4v) is 3.73. The van der Waals surface area contributed by atoms with Gasteiger partial charge < -0.3 is 15.0 Å². The first kappa shape index (κ1) is 21.0. The van der Waals surface area contributed by atoms with E-state index in [0.717, 1.165) is 57.2 Å². The summed E-state index contributed by atoms with van der Waals surface area (Å²) in [6, 6.07) is 14.4. The molecule has 0 aliphatic carbocycles. The number of nitrogens with zero attached hydrogens (tertiary/aromatic N) is 2. The summed E-state index contributed by atoms with van der Waals surface area (Å²) in [7, 11) is 0. The average Bonchev–Trinajstić information content (AvgIpc) is 3.16. The molecule has 0 atom stereocenters. The molecular weight excluding hydrogens is 457 g/mol. The highest BCUT2D eigenvalue weighted by Gasteiger charge is 2.22. The molecule has 26 heavy (non-hydrogen) atoms. The molecule has 0 bridgehead atoms. The number of thiophene rings is 1. The van der Waals surface area contributed by atoms with Crippen molar-refractivity contribution >= 4 is 41.3 Å². The number of hydrogen-bond donors (Lipinski definition) is 1. The summed E-state index contributed by atoms with van der Waals surface area (Å²) in [6.07, 6.45) is 3.38. The van der Waals surface area contributed by atoms with Crippen LogP contribution in [0.4, 0.5) is 0 Å². The maximum atomic E-state index is 6.09. The highest BCUT2D eigenvalue weighted by molar-refractivity contribution is 14.0. The Kier molecular flexibility index (Phi) is 9.25. The third-order valence-electron chi connectivity index (χ3n) is 4.32. The Hall–Kier alpha value is -1.28. The van der Waals surface area contributed by atoms with Gasteiger partial charge in [-0.25, -0.2) is 0 Å². The van der Waals surface area contributed by atoms with E-state index in [-0.39, 0.29) is 24.0 Å². The summed E-state index contributed by atoms with van der Waals surface area (Å²) in [5, 5.41) is 5.56. The van der Waals surface area contributed by atoms with Gasteiger partial charge in [-0.1, -0.05) is 24.3 Å². The van der Waals surface area contributed by atoms with E-state index >= 15 is 0 Å². The molecule has 2 aromatic rings. The van der Waals surface area contributed by atoms with Crippen molar-refractivity contribution in [2.45, 2.75) is 32.3 Å². The highest BCUT2D eigenvalue weighted by Crippen LogP contribution is 2.18. The summed E-state index contributed by atoms with van der Waals surface area (Å²) >= 11 is 1.80. The first-order chi connectivity index (χ1) is 12.3. The van der Waals surface area contributed by atoms with Gasteiger partial charge >= 0.3 is 0 Å². The number of halogens is 1. The average molecular weight is 485 g/mol. The fraction of sp³-hybridized carbons (Fsp3) is 0.450. The minimum atomic E-state index is 0. The molecule has 4 nitrogen and oxygen atoms in total. The number of guanidine groups is 1. The van der Waals surface area contributed by atoms with Crippen molar-refractivity contribution in [3.63, 3.8) is 0 Å². The fourth-order valence-electron chi connectivity index (χ4n) is 3.03. The molecule has 3 rings (SSSR count). The van der Waals surface area contributed by atoms with Gasteiger partial charge in [0.15, 0.2) is 5.96 Å². The molecule has 0 unspecified atom stereocenters. The summed E-state index contributed by atoms with van der Waals surface area (Å²) < 4.78 is 6.09. The van der Waals surface area contributed by atoms with Crippen LogP contribution in [-0.2, 0) is 6.42 Å². The molecule has 1 fully saturated rings. The number of piperidine rings is 1. The van der Waals surface area contributed by atoms with Crippen molar-refractivity contribution in [3.05, 3.63) is 52.7 Å². The van der Waals surface area contributed by atoms with Gasteiger partial charge in [0.2, 0.25) is 0 Å². The van der Waals surface area contributed by atoms with Crippen molar-refractivity contribution in [2.24, 2.45) is 4.99 Å². The number of aliphatic imine (C=N–C) groups is 1. The first-order valence-corrected chi connectivity index (χ1v) is 10.0. The van der Waals surface area contributed by atoms with Crippen molar-refractivity contribution < 1.29 is 4.74 Å². The first-order valence-electron chi connectivity index (χ1n) is 9.12. The summed E-state index contributed by atoms with van der Waals surface area (Å²) in [6.45, 7) is 5.84. The van der Waals surface area contributed by atoms with Gasteiger partial charge in [-0.05, 0) is 30.5 Å². The third kappa shape index (κ3) is 6.46. The zero-order valence-electron chi connectivity index (χ0n) is 15.3. The molecular formula is C20H28IN3OS. The maximum absolute atomic E-state index is 6.09. The lowest BCUT2D eigenvalue weighted by molar-refractivity contribution is 0.129. The summed E-state index contributed by atoms with van der Waals surface area (Å²) in [5.74, 6) is 2.01. The van der Waals surface area contributed by atoms with Crippen LogP contribution < -0.4 is 10.1 Å². The number of para-hydroxylation sites is 1. The van der Waals surface area contributed by atoms with E-state index in [1.807, 2.05) is 30.3 Å². The zero-order chi connectivity index (χ0) is 17.3. The molecule has 1 aliphatic rings. The Labute approximate surface area is 177 Å². The minimum absolute atomic E-state index is 0. The van der Waals surface area contributed by atoms with Gasteiger partial charge in [0.05, 0.1) is 0 Å². The quantitative estimate of drug-likeness (QED) is 0.374. The van der Waals surface area contributed by atoms with Gasteiger partial charge in [-0.2, -0.15) is 0 Å². The lowest BCUT2D eigenvalue weighted by Gasteiger charge is -2.34. The van der Waals surface area contributed by atoms with Crippen LogP contribution in [0.5, 0.6) is 5.75 Å². The van der Waals surface area contributed by atoms with Gasteiger partial charge in [-0.3, -0.25) is 4.99 Å². The number of likely N-dealkylation sites (tertiary alicyclic amines) is 1. The molecule has 0 radical (unpaired) electrons. The standard InChI is InChI=1S/C20H27N3OS.HI/c1-2-21-20(22-13-10-19-9-6-16-25-19)23-14-11-18(12-15-23)24-17-7-4-3-5-8-17;/h3-9,16,18H,2,10-15H2,1H3,(H,21,22);1H. The highest BCUT2D eigenvalue weighted by atomic mass is 127. The molecule has 142 valence electrons. The van der Waals surface area contributed by atoms with Crippen LogP contribution >= 0.6 is 35.3 Å². The molecule has 0 saturated carbocycles.